The summed E-state index contributed by atoms with van der Waals surface area (Å²) in [7, 11) is 0. The maximum atomic E-state index is 14.5. The van der Waals surface area contributed by atoms with E-state index >= 15 is 0 Å². The fourth-order valence-electron chi connectivity index (χ4n) is 4.58. The molecular formula is C27H27Cl2F4N3O2. The van der Waals surface area contributed by atoms with Crippen LogP contribution in [0.15, 0.2) is 36.4 Å². The average Bonchev–Trinajstić information content (AvgIpc) is 3.24. The summed E-state index contributed by atoms with van der Waals surface area (Å²) in [4.78, 5) is 20.5. The first-order chi connectivity index (χ1) is 17.9. The second kappa shape index (κ2) is 11.5. The second-order valence-corrected chi connectivity index (χ2v) is 10.5. The molecule has 204 valence electrons. The van der Waals surface area contributed by atoms with E-state index in [1.807, 2.05) is 13.8 Å². The summed E-state index contributed by atoms with van der Waals surface area (Å²) in [6.07, 6.45) is 0.535. The molecule has 1 aliphatic carbocycles. The number of anilines is 2. The normalized spacial score (nSPS) is 18.4. The zero-order valence-corrected chi connectivity index (χ0v) is 22.3. The van der Waals surface area contributed by atoms with Gasteiger partial charge in [-0.1, -0.05) is 29.3 Å². The van der Waals surface area contributed by atoms with Crippen molar-refractivity contribution in [3.8, 4) is 5.75 Å². The molecule has 0 saturated heterocycles. The van der Waals surface area contributed by atoms with Crippen LogP contribution in [0, 0.1) is 17.7 Å². The summed E-state index contributed by atoms with van der Waals surface area (Å²) in [5, 5.41) is 2.81. The van der Waals surface area contributed by atoms with Gasteiger partial charge in [0.25, 0.3) is 0 Å². The highest BCUT2D eigenvalue weighted by molar-refractivity contribution is 6.35. The number of aromatic nitrogens is 2. The largest absolute Gasteiger partial charge is 0.490 e. The zero-order valence-electron chi connectivity index (χ0n) is 20.8. The number of alkyl halides is 3. The predicted octanol–water partition coefficient (Wildman–Crippen LogP) is 9.04. The van der Waals surface area contributed by atoms with Crippen LogP contribution < -0.4 is 10.1 Å². The van der Waals surface area contributed by atoms with Crippen LogP contribution in [0.3, 0.4) is 0 Å². The molecule has 1 fully saturated rings. The van der Waals surface area contributed by atoms with E-state index in [-0.39, 0.29) is 52.3 Å². The number of nitrogens with zero attached hydrogens (tertiary/aromatic N) is 1. The maximum absolute atomic E-state index is 14.5. The summed E-state index contributed by atoms with van der Waals surface area (Å²) in [6.45, 7) is 3.65. The highest BCUT2D eigenvalue weighted by Crippen LogP contribution is 2.40. The molecule has 38 heavy (non-hydrogen) atoms. The van der Waals surface area contributed by atoms with Crippen LogP contribution >= 0.6 is 23.2 Å². The lowest BCUT2D eigenvalue weighted by atomic mass is 9.80. The molecule has 0 amide bonds. The third-order valence-electron chi connectivity index (χ3n) is 6.55. The van der Waals surface area contributed by atoms with Crippen molar-refractivity contribution in [2.24, 2.45) is 11.8 Å². The number of fused-ring (bicyclic) bond motifs is 1. The van der Waals surface area contributed by atoms with Crippen molar-refractivity contribution in [3.63, 3.8) is 0 Å². The number of ether oxygens (including phenoxy) is 1. The van der Waals surface area contributed by atoms with Gasteiger partial charge >= 0.3 is 6.18 Å². The highest BCUT2D eigenvalue weighted by Gasteiger charge is 2.41. The molecule has 2 N–H and O–H groups in total. The van der Waals surface area contributed by atoms with Gasteiger partial charge in [-0.3, -0.25) is 4.79 Å². The molecule has 0 unspecified atom stereocenters. The average molecular weight is 572 g/mol. The molecule has 2 aromatic carbocycles. The number of H-pyrrole nitrogens is 1. The Kier molecular flexibility index (Phi) is 8.57. The van der Waals surface area contributed by atoms with E-state index in [4.69, 9.17) is 27.9 Å². The molecule has 5 nitrogen and oxygen atoms in total. The molecule has 1 saturated carbocycles. The van der Waals surface area contributed by atoms with Gasteiger partial charge in [0.2, 0.25) is 5.95 Å². The van der Waals surface area contributed by atoms with Gasteiger partial charge in [0.05, 0.1) is 44.4 Å². The van der Waals surface area contributed by atoms with Crippen LogP contribution in [0.2, 0.25) is 10.0 Å². The third kappa shape index (κ3) is 6.61. The smallest absolute Gasteiger partial charge is 0.391 e. The van der Waals surface area contributed by atoms with E-state index in [2.05, 4.69) is 15.3 Å². The zero-order chi connectivity index (χ0) is 27.6. The van der Waals surface area contributed by atoms with Gasteiger partial charge < -0.3 is 15.0 Å². The van der Waals surface area contributed by atoms with Crippen LogP contribution in [0.5, 0.6) is 5.75 Å². The van der Waals surface area contributed by atoms with Gasteiger partial charge in [-0.15, -0.1) is 0 Å². The van der Waals surface area contributed by atoms with E-state index in [0.29, 0.717) is 41.6 Å². The molecular weight excluding hydrogens is 545 g/mol. The number of allylic oxidation sites excluding steroid dienone is 2. The third-order valence-corrected chi connectivity index (χ3v) is 7.15. The minimum absolute atomic E-state index is 0.0413. The standard InChI is InChI=1S/C27H27Cl2F4N3O2/c1-14(2)38-23-13-21-20(34-26(35-21)36-25-19(29)11-10-18(28)24(25)30)12-17(23)22(37)5-3-4-15-6-8-16(9-7-15)27(31,32)33/h3,5,10-16H,4,6-9H2,1-2H3,(H2,34,35,36)/b5-3+. The Morgan fingerprint density at radius 2 is 1.87 bits per heavy atom. The first kappa shape index (κ1) is 28.2. The van der Waals surface area contributed by atoms with Gasteiger partial charge in [-0.05, 0) is 76.1 Å². The van der Waals surface area contributed by atoms with Gasteiger partial charge in [-0.2, -0.15) is 13.2 Å². The monoisotopic (exact) mass is 571 g/mol. The summed E-state index contributed by atoms with van der Waals surface area (Å²) < 4.78 is 59.0. The molecule has 0 radical (unpaired) electrons. The summed E-state index contributed by atoms with van der Waals surface area (Å²) in [6, 6.07) is 6.02. The van der Waals surface area contributed by atoms with Gasteiger partial charge in [0.1, 0.15) is 5.75 Å². The Bertz CT molecular complexity index is 1350. The number of carbonyl (C=O) groups excluding carboxylic acids is 1. The molecule has 0 spiro atoms. The second-order valence-electron chi connectivity index (χ2n) is 9.72. The fraction of sp³-hybridized carbons (Fsp3) is 0.407. The lowest BCUT2D eigenvalue weighted by Gasteiger charge is -2.29. The van der Waals surface area contributed by atoms with Crippen molar-refractivity contribution in [1.82, 2.24) is 9.97 Å². The van der Waals surface area contributed by atoms with Crippen LogP contribution in [-0.2, 0) is 0 Å². The first-order valence-corrected chi connectivity index (χ1v) is 13.1. The number of carbonyl (C=O) groups is 1. The highest BCUT2D eigenvalue weighted by atomic mass is 35.5. The molecule has 1 aromatic heterocycles. The number of hydrogen-bond acceptors (Lipinski definition) is 4. The predicted molar refractivity (Wildman–Crippen MR) is 141 cm³/mol. The number of imidazole rings is 1. The Hall–Kier alpha value is -2.78. The van der Waals surface area contributed by atoms with Crippen molar-refractivity contribution in [1.29, 1.82) is 0 Å². The molecule has 11 heteroatoms. The van der Waals surface area contributed by atoms with Crippen molar-refractivity contribution >= 4 is 51.7 Å². The van der Waals surface area contributed by atoms with E-state index in [1.165, 1.54) is 18.2 Å². The van der Waals surface area contributed by atoms with E-state index in [0.717, 1.165) is 0 Å². The number of aromatic amines is 1. The number of benzene rings is 2. The molecule has 1 heterocycles. The molecule has 0 aliphatic heterocycles. The van der Waals surface area contributed by atoms with Crippen LogP contribution in [0.25, 0.3) is 11.0 Å². The topological polar surface area (TPSA) is 67.0 Å². The van der Waals surface area contributed by atoms with Crippen molar-refractivity contribution in [2.45, 2.75) is 58.2 Å². The van der Waals surface area contributed by atoms with Gasteiger partial charge in [-0.25, -0.2) is 9.37 Å². The molecule has 3 aromatic rings. The van der Waals surface area contributed by atoms with Gasteiger partial charge in [0.15, 0.2) is 11.6 Å². The Morgan fingerprint density at radius 1 is 1.18 bits per heavy atom. The number of rotatable bonds is 8. The van der Waals surface area contributed by atoms with Crippen LogP contribution in [-0.4, -0.2) is 28.0 Å². The first-order valence-electron chi connectivity index (χ1n) is 12.3. The summed E-state index contributed by atoms with van der Waals surface area (Å²) >= 11 is 12.0. The Labute approximate surface area is 227 Å². The lowest BCUT2D eigenvalue weighted by Crippen LogP contribution is -2.27. The van der Waals surface area contributed by atoms with Crippen molar-refractivity contribution < 1.29 is 27.1 Å². The Balaban J connectivity index is 1.52. The number of hydrogen-bond donors (Lipinski definition) is 2. The minimum Gasteiger partial charge on any atom is -0.490 e. The minimum atomic E-state index is -4.14. The maximum Gasteiger partial charge on any atom is 0.391 e. The summed E-state index contributed by atoms with van der Waals surface area (Å²) in [5.41, 5.74) is 1.24. The van der Waals surface area contributed by atoms with E-state index in [1.54, 1.807) is 18.2 Å². The van der Waals surface area contributed by atoms with Crippen molar-refractivity contribution in [3.05, 3.63) is 57.8 Å². The van der Waals surface area contributed by atoms with Gasteiger partial charge in [0, 0.05) is 6.07 Å². The van der Waals surface area contributed by atoms with E-state index < -0.39 is 17.9 Å². The number of halogens is 6. The SMILES string of the molecule is CC(C)Oc1cc2nc(Nc3c(Cl)ccc(Cl)c3F)[nH]c2cc1C(=O)/C=C/CC1CCC(C(F)(F)F)CC1. The molecule has 0 bridgehead atoms. The van der Waals surface area contributed by atoms with Crippen LogP contribution in [0.1, 0.15) is 56.3 Å². The number of nitrogens with one attached hydrogen (secondary N) is 2. The lowest BCUT2D eigenvalue weighted by molar-refractivity contribution is -0.183. The van der Waals surface area contributed by atoms with Crippen molar-refractivity contribution in [2.75, 3.05) is 5.32 Å². The molecule has 1 aliphatic rings. The molecule has 4 rings (SSSR count). The fourth-order valence-corrected chi connectivity index (χ4v) is 4.93. The van der Waals surface area contributed by atoms with E-state index in [9.17, 15) is 22.4 Å². The quantitative estimate of drug-likeness (QED) is 0.122. The molecule has 0 atom stereocenters. The van der Waals surface area contributed by atoms with Crippen LogP contribution in [0.4, 0.5) is 29.2 Å². The number of ketones is 1. The summed E-state index contributed by atoms with van der Waals surface area (Å²) in [5.74, 6) is -1.62. The Morgan fingerprint density at radius 3 is 2.53 bits per heavy atom.